The second-order valence-electron chi connectivity index (χ2n) is 5.68. The predicted molar refractivity (Wildman–Crippen MR) is 104 cm³/mol. The van der Waals surface area contributed by atoms with Gasteiger partial charge in [0.1, 0.15) is 0 Å². The maximum Gasteiger partial charge on any atom is 0.336 e. The molecule has 1 aliphatic heterocycles. The quantitative estimate of drug-likeness (QED) is 0.713. The van der Waals surface area contributed by atoms with Crippen LogP contribution in [0.15, 0.2) is 57.4 Å². The molecule has 1 heterocycles. The summed E-state index contributed by atoms with van der Waals surface area (Å²) in [6, 6.07) is 7.40. The van der Waals surface area contributed by atoms with Crippen LogP contribution in [-0.4, -0.2) is 26.2 Å². The standard InChI is InChI=1S/C19H19BrClNO4/c1-10-16(18(23)25-3)14(17(11(2)22-10)19(24)26-4)9-15(21)12-5-7-13(20)8-6-12/h5-9,14,22H,1-4H3. The summed E-state index contributed by atoms with van der Waals surface area (Å²) in [5, 5.41) is 3.45. The second-order valence-corrected chi connectivity index (χ2v) is 7.01. The SMILES string of the molecule is COC(=O)C1=C(C)NC(C)=C(C(=O)OC)C1C=C(Cl)c1ccc(Br)cc1. The Morgan fingerprint density at radius 3 is 1.92 bits per heavy atom. The molecule has 0 aromatic heterocycles. The lowest BCUT2D eigenvalue weighted by Crippen LogP contribution is -2.32. The van der Waals surface area contributed by atoms with Crippen LogP contribution in [0.2, 0.25) is 0 Å². The zero-order valence-corrected chi connectivity index (χ0v) is 17.2. The number of allylic oxidation sites excluding steroid dienone is 3. The molecule has 0 aliphatic carbocycles. The van der Waals surface area contributed by atoms with Crippen molar-refractivity contribution in [3.8, 4) is 0 Å². The topological polar surface area (TPSA) is 64.6 Å². The fourth-order valence-corrected chi connectivity index (χ4v) is 3.34. The van der Waals surface area contributed by atoms with Gasteiger partial charge in [0, 0.05) is 26.8 Å². The summed E-state index contributed by atoms with van der Waals surface area (Å²) in [4.78, 5) is 24.7. The van der Waals surface area contributed by atoms with Crippen molar-refractivity contribution >= 4 is 44.5 Å². The van der Waals surface area contributed by atoms with Gasteiger partial charge in [0.05, 0.1) is 25.4 Å². The van der Waals surface area contributed by atoms with Gasteiger partial charge in [-0.25, -0.2) is 9.59 Å². The minimum Gasteiger partial charge on any atom is -0.466 e. The molecule has 1 aromatic carbocycles. The fraction of sp³-hybridized carbons (Fsp3) is 0.263. The van der Waals surface area contributed by atoms with Crippen molar-refractivity contribution < 1.29 is 19.1 Å². The summed E-state index contributed by atoms with van der Waals surface area (Å²) in [6.07, 6.45) is 1.66. The molecular weight excluding hydrogens is 422 g/mol. The molecule has 7 heteroatoms. The van der Waals surface area contributed by atoms with E-state index in [0.29, 0.717) is 27.6 Å². The Hall–Kier alpha value is -2.05. The molecule has 0 saturated heterocycles. The van der Waals surface area contributed by atoms with Crippen molar-refractivity contribution in [1.82, 2.24) is 5.32 Å². The Kier molecular flexibility index (Phi) is 6.67. The molecule has 1 aliphatic rings. The van der Waals surface area contributed by atoms with Crippen LogP contribution >= 0.6 is 27.5 Å². The molecule has 0 amide bonds. The molecular formula is C19H19BrClNO4. The minimum absolute atomic E-state index is 0.314. The van der Waals surface area contributed by atoms with E-state index in [4.69, 9.17) is 21.1 Å². The van der Waals surface area contributed by atoms with Gasteiger partial charge in [-0.05, 0) is 31.5 Å². The highest BCUT2D eigenvalue weighted by Crippen LogP contribution is 2.35. The summed E-state index contributed by atoms with van der Waals surface area (Å²) >= 11 is 9.87. The minimum atomic E-state index is -0.688. The van der Waals surface area contributed by atoms with Crippen LogP contribution in [0.1, 0.15) is 19.4 Å². The number of carbonyl (C=O) groups is 2. The number of ether oxygens (including phenoxy) is 2. The van der Waals surface area contributed by atoms with Crippen LogP contribution in [0.25, 0.3) is 5.03 Å². The first-order chi connectivity index (χ1) is 12.3. The molecule has 0 spiro atoms. The molecule has 0 atom stereocenters. The van der Waals surface area contributed by atoms with Gasteiger partial charge in [-0.1, -0.05) is 45.7 Å². The van der Waals surface area contributed by atoms with Crippen molar-refractivity contribution in [3.05, 3.63) is 62.9 Å². The van der Waals surface area contributed by atoms with E-state index in [1.165, 1.54) is 14.2 Å². The van der Waals surface area contributed by atoms with Crippen molar-refractivity contribution in [2.75, 3.05) is 14.2 Å². The third-order valence-electron chi connectivity index (χ3n) is 4.05. The van der Waals surface area contributed by atoms with Crippen LogP contribution in [0.5, 0.6) is 0 Å². The van der Waals surface area contributed by atoms with Gasteiger partial charge >= 0.3 is 11.9 Å². The van der Waals surface area contributed by atoms with Crippen LogP contribution in [0.4, 0.5) is 0 Å². The van der Waals surface area contributed by atoms with Crippen LogP contribution < -0.4 is 5.32 Å². The maximum absolute atomic E-state index is 12.3. The summed E-state index contributed by atoms with van der Waals surface area (Å²) in [7, 11) is 2.59. The highest BCUT2D eigenvalue weighted by atomic mass is 79.9. The Morgan fingerprint density at radius 2 is 1.50 bits per heavy atom. The van der Waals surface area contributed by atoms with Gasteiger partial charge in [-0.2, -0.15) is 0 Å². The monoisotopic (exact) mass is 439 g/mol. The number of benzene rings is 1. The first-order valence-electron chi connectivity index (χ1n) is 7.78. The van der Waals surface area contributed by atoms with E-state index in [1.807, 2.05) is 24.3 Å². The molecule has 26 heavy (non-hydrogen) atoms. The van der Waals surface area contributed by atoms with Crippen molar-refractivity contribution in [2.45, 2.75) is 13.8 Å². The fourth-order valence-electron chi connectivity index (χ4n) is 2.83. The van der Waals surface area contributed by atoms with Crippen molar-refractivity contribution in [2.24, 2.45) is 5.92 Å². The molecule has 0 fully saturated rings. The Labute approximate surface area is 165 Å². The van der Waals surface area contributed by atoms with Gasteiger partial charge in [0.2, 0.25) is 0 Å². The summed E-state index contributed by atoms with van der Waals surface area (Å²) < 4.78 is 10.7. The van der Waals surface area contributed by atoms with Gasteiger partial charge in [0.25, 0.3) is 0 Å². The summed E-state index contributed by atoms with van der Waals surface area (Å²) in [5.74, 6) is -1.76. The van der Waals surface area contributed by atoms with Gasteiger partial charge in [0.15, 0.2) is 0 Å². The predicted octanol–water partition coefficient (Wildman–Crippen LogP) is 4.14. The number of dihydropyridines is 1. The lowest BCUT2D eigenvalue weighted by atomic mass is 9.84. The van der Waals surface area contributed by atoms with E-state index < -0.39 is 17.9 Å². The number of hydrogen-bond acceptors (Lipinski definition) is 5. The highest BCUT2D eigenvalue weighted by Gasteiger charge is 2.35. The molecule has 0 unspecified atom stereocenters. The lowest BCUT2D eigenvalue weighted by Gasteiger charge is -2.28. The van der Waals surface area contributed by atoms with Crippen LogP contribution in [0.3, 0.4) is 0 Å². The smallest absolute Gasteiger partial charge is 0.336 e. The molecule has 138 valence electrons. The lowest BCUT2D eigenvalue weighted by molar-refractivity contribution is -0.137. The summed E-state index contributed by atoms with van der Waals surface area (Å²) in [5.41, 5.74) is 2.59. The Bertz CT molecular complexity index is 786. The number of methoxy groups -OCH3 is 2. The summed E-state index contributed by atoms with van der Waals surface area (Å²) in [6.45, 7) is 3.50. The zero-order valence-electron chi connectivity index (χ0n) is 14.9. The van der Waals surface area contributed by atoms with Gasteiger partial charge in [-0.3, -0.25) is 0 Å². The van der Waals surface area contributed by atoms with E-state index >= 15 is 0 Å². The first kappa shape index (κ1) is 20.3. The number of hydrogen-bond donors (Lipinski definition) is 1. The van der Waals surface area contributed by atoms with E-state index in [9.17, 15) is 9.59 Å². The average molecular weight is 441 g/mol. The third-order valence-corrected chi connectivity index (χ3v) is 4.92. The Balaban J connectivity index is 2.60. The van der Waals surface area contributed by atoms with Crippen LogP contribution in [-0.2, 0) is 19.1 Å². The normalized spacial score (nSPS) is 15.7. The number of carbonyl (C=O) groups excluding carboxylic acids is 2. The first-order valence-corrected chi connectivity index (χ1v) is 8.95. The molecule has 2 rings (SSSR count). The van der Waals surface area contributed by atoms with E-state index in [0.717, 1.165) is 10.0 Å². The van der Waals surface area contributed by atoms with E-state index in [1.54, 1.807) is 19.9 Å². The number of halogens is 2. The molecule has 0 saturated carbocycles. The molecule has 1 N–H and O–H groups in total. The number of rotatable bonds is 4. The van der Waals surface area contributed by atoms with E-state index in [-0.39, 0.29) is 0 Å². The molecule has 1 aromatic rings. The molecule has 0 bridgehead atoms. The molecule has 5 nitrogen and oxygen atoms in total. The maximum atomic E-state index is 12.3. The zero-order chi connectivity index (χ0) is 19.4. The van der Waals surface area contributed by atoms with Crippen molar-refractivity contribution in [3.63, 3.8) is 0 Å². The van der Waals surface area contributed by atoms with Gasteiger partial charge in [-0.15, -0.1) is 0 Å². The van der Waals surface area contributed by atoms with E-state index in [2.05, 4.69) is 21.2 Å². The Morgan fingerprint density at radius 1 is 1.04 bits per heavy atom. The van der Waals surface area contributed by atoms with Crippen molar-refractivity contribution in [1.29, 1.82) is 0 Å². The van der Waals surface area contributed by atoms with Gasteiger partial charge < -0.3 is 14.8 Å². The largest absolute Gasteiger partial charge is 0.466 e. The number of nitrogens with one attached hydrogen (secondary N) is 1. The molecule has 0 radical (unpaired) electrons. The van der Waals surface area contributed by atoms with Crippen LogP contribution in [0, 0.1) is 5.92 Å². The average Bonchev–Trinajstić information content (AvgIpc) is 2.61. The number of esters is 2. The third kappa shape index (κ3) is 4.19. The highest BCUT2D eigenvalue weighted by molar-refractivity contribution is 9.10. The second kappa shape index (κ2) is 8.56.